The van der Waals surface area contributed by atoms with Crippen LogP contribution in [0.4, 0.5) is 0 Å². The van der Waals surface area contributed by atoms with E-state index < -0.39 is 42.2 Å². The SMILES string of the molecule is COOCc1[nH]n(-c2ccc(S(=O)(=O)O)cc2)c(=O)c1C=C=Cc1c(C(=O)OC)[nH]n(-c2ccc(S(=O)(=O)O)cc2)c1=O. The van der Waals surface area contributed by atoms with E-state index in [2.05, 4.69) is 20.8 Å². The van der Waals surface area contributed by atoms with E-state index in [1.54, 1.807) is 0 Å². The van der Waals surface area contributed by atoms with Crippen molar-refractivity contribution >= 4 is 38.4 Å². The second kappa shape index (κ2) is 12.2. The molecule has 0 bridgehead atoms. The lowest BCUT2D eigenvalue weighted by molar-refractivity contribution is -0.282. The van der Waals surface area contributed by atoms with Crippen LogP contribution in [0.15, 0.2) is 73.6 Å². The monoisotopic (exact) mass is 634 g/mol. The van der Waals surface area contributed by atoms with E-state index in [1.807, 2.05) is 0 Å². The molecule has 4 N–H and O–H groups in total. The van der Waals surface area contributed by atoms with Crippen molar-refractivity contribution in [1.82, 2.24) is 19.6 Å². The number of carbonyl (C=O) groups is 1. The lowest BCUT2D eigenvalue weighted by Gasteiger charge is -2.03. The van der Waals surface area contributed by atoms with Gasteiger partial charge in [-0.25, -0.2) is 23.9 Å². The van der Waals surface area contributed by atoms with Crippen molar-refractivity contribution < 1.29 is 45.2 Å². The summed E-state index contributed by atoms with van der Waals surface area (Å²) < 4.78 is 70.5. The van der Waals surface area contributed by atoms with Crippen LogP contribution in [0.1, 0.15) is 27.3 Å². The Morgan fingerprint density at radius 2 is 1.28 bits per heavy atom. The Morgan fingerprint density at radius 3 is 1.74 bits per heavy atom. The fourth-order valence-electron chi connectivity index (χ4n) is 3.82. The predicted octanol–water partition coefficient (Wildman–Crippen LogP) is 1.33. The molecule has 2 aromatic carbocycles. The van der Waals surface area contributed by atoms with Crippen LogP contribution in [0.5, 0.6) is 0 Å². The highest BCUT2D eigenvalue weighted by atomic mass is 32.2. The molecule has 0 unspecified atom stereocenters. The van der Waals surface area contributed by atoms with Crippen LogP contribution < -0.4 is 11.1 Å². The van der Waals surface area contributed by atoms with Crippen molar-refractivity contribution in [2.24, 2.45) is 0 Å². The normalized spacial score (nSPS) is 11.6. The smallest absolute Gasteiger partial charge is 0.356 e. The topological polar surface area (TPSA) is 229 Å². The van der Waals surface area contributed by atoms with Crippen LogP contribution in [0.2, 0.25) is 0 Å². The van der Waals surface area contributed by atoms with Crippen molar-refractivity contribution in [3.63, 3.8) is 0 Å². The number of methoxy groups -OCH3 is 1. The molecule has 4 rings (SSSR count). The maximum atomic E-state index is 13.2. The zero-order valence-corrected chi connectivity index (χ0v) is 23.8. The van der Waals surface area contributed by atoms with Crippen molar-refractivity contribution in [1.29, 1.82) is 0 Å². The Bertz CT molecular complexity index is 2080. The van der Waals surface area contributed by atoms with Gasteiger partial charge in [0.25, 0.3) is 31.4 Å². The fraction of sp³-hybridized carbons (Fsp3) is 0.120. The second-order valence-corrected chi connectivity index (χ2v) is 11.3. The number of nitrogens with zero attached hydrogens (tertiary/aromatic N) is 2. The molecule has 0 saturated heterocycles. The number of benzene rings is 2. The molecule has 0 fully saturated rings. The van der Waals surface area contributed by atoms with Gasteiger partial charge in [0, 0.05) is 0 Å². The first kappa shape index (κ1) is 31.1. The maximum Gasteiger partial charge on any atom is 0.356 e. The molecule has 0 aliphatic carbocycles. The third kappa shape index (κ3) is 6.65. The quantitative estimate of drug-likeness (QED) is 0.0637. The standard InChI is InChI=1S/C25H22N4O12S2/c1-39-25(32)22-20(24(31)29(27-22)16-8-12-18(13-9-16)43(36,37)38)5-3-4-19-21(14-41-40-2)26-28(23(19)30)15-6-10-17(11-7-15)42(33,34)35/h4-13,26-27H,14H2,1-2H3,(H,33,34,35)(H,36,37,38). The van der Waals surface area contributed by atoms with Gasteiger partial charge in [0.1, 0.15) is 6.61 Å². The summed E-state index contributed by atoms with van der Waals surface area (Å²) in [7, 11) is -6.59. The molecule has 0 spiro atoms. The first-order chi connectivity index (χ1) is 20.3. The molecule has 16 nitrogen and oxygen atoms in total. The lowest BCUT2D eigenvalue weighted by Crippen LogP contribution is -2.16. The molecule has 0 aliphatic rings. The molecule has 2 heterocycles. The van der Waals surface area contributed by atoms with Crippen LogP contribution in [-0.4, -0.2) is 65.7 Å². The number of hydrogen-bond donors (Lipinski definition) is 4. The van der Waals surface area contributed by atoms with Gasteiger partial charge in [-0.3, -0.25) is 28.9 Å². The first-order valence-corrected chi connectivity index (χ1v) is 14.7. The van der Waals surface area contributed by atoms with Crippen LogP contribution in [-0.2, 0) is 41.4 Å². The molecular formula is C25H22N4O12S2. The molecule has 0 saturated carbocycles. The number of nitrogens with one attached hydrogen (secondary N) is 2. The molecule has 43 heavy (non-hydrogen) atoms. The maximum absolute atomic E-state index is 13.2. The summed E-state index contributed by atoms with van der Waals surface area (Å²) in [6.07, 6.45) is 2.32. The van der Waals surface area contributed by atoms with Gasteiger partial charge in [0.2, 0.25) is 0 Å². The number of rotatable bonds is 10. The van der Waals surface area contributed by atoms with E-state index >= 15 is 0 Å². The lowest BCUT2D eigenvalue weighted by atomic mass is 10.2. The molecule has 0 radical (unpaired) electrons. The Labute approximate surface area is 242 Å². The number of ether oxygens (including phenoxy) is 1. The molecular weight excluding hydrogens is 612 g/mol. The van der Waals surface area contributed by atoms with Gasteiger partial charge in [-0.2, -0.15) is 16.8 Å². The average Bonchev–Trinajstić information content (AvgIpc) is 3.46. The number of esters is 1. The minimum atomic E-state index is -4.48. The highest BCUT2D eigenvalue weighted by molar-refractivity contribution is 7.86. The molecule has 2 aromatic heterocycles. The zero-order valence-electron chi connectivity index (χ0n) is 22.2. The van der Waals surface area contributed by atoms with Gasteiger partial charge in [-0.1, -0.05) is 0 Å². The molecule has 4 aromatic rings. The molecule has 0 atom stereocenters. The first-order valence-electron chi connectivity index (χ1n) is 11.8. The number of aromatic nitrogens is 4. The van der Waals surface area contributed by atoms with E-state index in [0.717, 1.165) is 46.8 Å². The fourth-order valence-corrected chi connectivity index (χ4v) is 4.78. The Balaban J connectivity index is 1.79. The summed E-state index contributed by atoms with van der Waals surface area (Å²) in [6, 6.07) is 9.30. The van der Waals surface area contributed by atoms with Gasteiger partial charge in [-0.15, -0.1) is 5.73 Å². The summed E-state index contributed by atoms with van der Waals surface area (Å²) in [6.45, 7) is -0.237. The highest BCUT2D eigenvalue weighted by Gasteiger charge is 2.21. The van der Waals surface area contributed by atoms with Gasteiger partial charge in [-0.05, 0) is 60.7 Å². The van der Waals surface area contributed by atoms with Gasteiger partial charge < -0.3 is 4.74 Å². The summed E-state index contributed by atoms with van der Waals surface area (Å²) in [4.78, 5) is 47.6. The van der Waals surface area contributed by atoms with E-state index in [9.17, 15) is 40.3 Å². The van der Waals surface area contributed by atoms with E-state index in [-0.39, 0.29) is 45.4 Å². The molecule has 0 aliphatic heterocycles. The predicted molar refractivity (Wildman–Crippen MR) is 148 cm³/mol. The third-order valence-corrected chi connectivity index (χ3v) is 7.62. The van der Waals surface area contributed by atoms with E-state index in [0.29, 0.717) is 0 Å². The summed E-state index contributed by atoms with van der Waals surface area (Å²) in [5, 5.41) is 5.37. The number of carbonyl (C=O) groups excluding carboxylic acids is 1. The zero-order chi connectivity index (χ0) is 31.5. The van der Waals surface area contributed by atoms with E-state index in [4.69, 9.17) is 9.62 Å². The summed E-state index contributed by atoms with van der Waals surface area (Å²) in [5.41, 5.74) is 1.34. The van der Waals surface area contributed by atoms with Crippen molar-refractivity contribution in [3.05, 3.63) is 97.5 Å². The molecule has 18 heteroatoms. The van der Waals surface area contributed by atoms with Crippen LogP contribution in [0, 0.1) is 0 Å². The number of H-pyrrole nitrogens is 2. The van der Waals surface area contributed by atoms with Gasteiger partial charge in [0.05, 0.1) is 52.2 Å². The van der Waals surface area contributed by atoms with Crippen LogP contribution in [0.25, 0.3) is 23.5 Å². The number of aromatic amines is 2. The molecule has 226 valence electrons. The van der Waals surface area contributed by atoms with Gasteiger partial charge >= 0.3 is 5.97 Å². The second-order valence-electron chi connectivity index (χ2n) is 8.50. The van der Waals surface area contributed by atoms with Crippen LogP contribution in [0.3, 0.4) is 0 Å². The minimum Gasteiger partial charge on any atom is -0.464 e. The van der Waals surface area contributed by atoms with Crippen molar-refractivity contribution in [2.75, 3.05) is 14.2 Å². The Hall–Kier alpha value is -4.81. The minimum absolute atomic E-state index is 0.00318. The van der Waals surface area contributed by atoms with Crippen molar-refractivity contribution in [3.8, 4) is 11.4 Å². The highest BCUT2D eigenvalue weighted by Crippen LogP contribution is 2.16. The third-order valence-electron chi connectivity index (χ3n) is 5.88. The molecule has 0 amide bonds. The largest absolute Gasteiger partial charge is 0.464 e. The Morgan fingerprint density at radius 1 is 0.814 bits per heavy atom. The van der Waals surface area contributed by atoms with Crippen molar-refractivity contribution in [2.45, 2.75) is 16.4 Å². The summed E-state index contributed by atoms with van der Waals surface area (Å²) >= 11 is 0. The van der Waals surface area contributed by atoms with Gasteiger partial charge in [0.15, 0.2) is 5.69 Å². The number of hydrogen-bond acceptors (Lipinski definition) is 10. The van der Waals surface area contributed by atoms with Crippen LogP contribution >= 0.6 is 0 Å². The average molecular weight is 635 g/mol. The Kier molecular flexibility index (Phi) is 8.83. The van der Waals surface area contributed by atoms with E-state index in [1.165, 1.54) is 37.5 Å². The summed E-state index contributed by atoms with van der Waals surface area (Å²) in [5.74, 6) is -0.912.